The second kappa shape index (κ2) is 3.72. The molecule has 0 saturated carbocycles. The molecule has 1 aromatic rings. The Bertz CT molecular complexity index is 253. The first-order valence-electron chi connectivity index (χ1n) is 4.32. The second-order valence-electron chi connectivity index (χ2n) is 3.33. The quantitative estimate of drug-likeness (QED) is 0.710. The van der Waals surface area contributed by atoms with Gasteiger partial charge in [0, 0.05) is 6.61 Å². The molecule has 0 atom stereocenters. The monoisotopic (exact) mass is 164 g/mol. The minimum atomic E-state index is 0.238. The fourth-order valence-corrected chi connectivity index (χ4v) is 1.40. The average molecular weight is 164 g/mol. The van der Waals surface area contributed by atoms with Crippen molar-refractivity contribution in [2.24, 2.45) is 0 Å². The van der Waals surface area contributed by atoms with Crippen molar-refractivity contribution in [1.82, 2.24) is 0 Å². The summed E-state index contributed by atoms with van der Waals surface area (Å²) < 4.78 is 0. The first-order chi connectivity index (χ1) is 5.65. The SMILES string of the molecule is Cc1cc(CCO)cc(C)c1C. The molecule has 0 heterocycles. The molecule has 0 aliphatic heterocycles. The van der Waals surface area contributed by atoms with Crippen molar-refractivity contribution in [3.63, 3.8) is 0 Å². The highest BCUT2D eigenvalue weighted by Gasteiger charge is 1.99. The molecule has 0 aromatic heterocycles. The summed E-state index contributed by atoms with van der Waals surface area (Å²) in [6.45, 7) is 6.60. The highest BCUT2D eigenvalue weighted by molar-refractivity contribution is 5.36. The van der Waals surface area contributed by atoms with Gasteiger partial charge in [0.05, 0.1) is 0 Å². The molecule has 0 aliphatic carbocycles. The van der Waals surface area contributed by atoms with Crippen molar-refractivity contribution in [3.05, 3.63) is 34.4 Å². The van der Waals surface area contributed by atoms with E-state index in [-0.39, 0.29) is 6.61 Å². The number of aliphatic hydroxyl groups is 1. The maximum atomic E-state index is 8.77. The van der Waals surface area contributed by atoms with Crippen molar-refractivity contribution < 1.29 is 5.11 Å². The zero-order chi connectivity index (χ0) is 9.14. The van der Waals surface area contributed by atoms with Crippen LogP contribution in [0, 0.1) is 20.8 Å². The first kappa shape index (κ1) is 9.27. The Hall–Kier alpha value is -0.820. The standard InChI is InChI=1S/C11H16O/c1-8-6-11(4-5-12)7-9(2)10(8)3/h6-7,12H,4-5H2,1-3H3. The second-order valence-corrected chi connectivity index (χ2v) is 3.33. The Balaban J connectivity index is 3.04. The number of rotatable bonds is 2. The van der Waals surface area contributed by atoms with E-state index in [9.17, 15) is 0 Å². The van der Waals surface area contributed by atoms with E-state index in [1.54, 1.807) is 0 Å². The minimum absolute atomic E-state index is 0.238. The van der Waals surface area contributed by atoms with Crippen LogP contribution in [0.1, 0.15) is 22.3 Å². The molecular weight excluding hydrogens is 148 g/mol. The van der Waals surface area contributed by atoms with Crippen LogP contribution in [0.3, 0.4) is 0 Å². The lowest BCUT2D eigenvalue weighted by molar-refractivity contribution is 0.299. The lowest BCUT2D eigenvalue weighted by Gasteiger charge is -2.07. The lowest BCUT2D eigenvalue weighted by Crippen LogP contribution is -1.94. The molecule has 0 aliphatic rings. The van der Waals surface area contributed by atoms with Crippen LogP contribution >= 0.6 is 0 Å². The Labute approximate surface area is 74.1 Å². The van der Waals surface area contributed by atoms with Gasteiger partial charge in [0.25, 0.3) is 0 Å². The third kappa shape index (κ3) is 1.86. The van der Waals surface area contributed by atoms with Crippen LogP contribution < -0.4 is 0 Å². The molecule has 1 aromatic carbocycles. The summed E-state index contributed by atoms with van der Waals surface area (Å²) in [5, 5.41) is 8.77. The fraction of sp³-hybridized carbons (Fsp3) is 0.455. The molecule has 0 fully saturated rings. The van der Waals surface area contributed by atoms with Gasteiger partial charge >= 0.3 is 0 Å². The van der Waals surface area contributed by atoms with E-state index < -0.39 is 0 Å². The highest BCUT2D eigenvalue weighted by atomic mass is 16.2. The van der Waals surface area contributed by atoms with Crippen molar-refractivity contribution >= 4 is 0 Å². The van der Waals surface area contributed by atoms with Gasteiger partial charge in [-0.1, -0.05) is 12.1 Å². The largest absolute Gasteiger partial charge is 0.396 e. The number of aliphatic hydroxyl groups excluding tert-OH is 1. The molecule has 0 radical (unpaired) electrons. The molecule has 1 heteroatoms. The number of benzene rings is 1. The van der Waals surface area contributed by atoms with Crippen molar-refractivity contribution in [1.29, 1.82) is 0 Å². The Morgan fingerprint density at radius 2 is 1.58 bits per heavy atom. The van der Waals surface area contributed by atoms with Crippen LogP contribution in [0.15, 0.2) is 12.1 Å². The molecule has 1 nitrogen and oxygen atoms in total. The number of hydrogen-bond acceptors (Lipinski definition) is 1. The molecule has 0 amide bonds. The van der Waals surface area contributed by atoms with Gasteiger partial charge in [-0.3, -0.25) is 0 Å². The third-order valence-corrected chi connectivity index (χ3v) is 2.39. The number of hydrogen-bond donors (Lipinski definition) is 1. The maximum Gasteiger partial charge on any atom is 0.0471 e. The highest BCUT2D eigenvalue weighted by Crippen LogP contribution is 2.15. The topological polar surface area (TPSA) is 20.2 Å². The van der Waals surface area contributed by atoms with Gasteiger partial charge < -0.3 is 5.11 Å². The Morgan fingerprint density at radius 3 is 2.00 bits per heavy atom. The third-order valence-electron chi connectivity index (χ3n) is 2.39. The van der Waals surface area contributed by atoms with E-state index in [0.29, 0.717) is 0 Å². The molecule has 1 rings (SSSR count). The van der Waals surface area contributed by atoms with Crippen LogP contribution in [0.5, 0.6) is 0 Å². The number of aryl methyl sites for hydroxylation is 2. The maximum absolute atomic E-state index is 8.77. The zero-order valence-corrected chi connectivity index (χ0v) is 8.02. The van der Waals surface area contributed by atoms with Crippen molar-refractivity contribution in [2.75, 3.05) is 6.61 Å². The Kier molecular flexibility index (Phi) is 2.88. The molecule has 0 bridgehead atoms. The van der Waals surface area contributed by atoms with E-state index in [0.717, 1.165) is 6.42 Å². The summed E-state index contributed by atoms with van der Waals surface area (Å²) >= 11 is 0. The summed E-state index contributed by atoms with van der Waals surface area (Å²) in [6, 6.07) is 4.30. The van der Waals surface area contributed by atoms with E-state index in [2.05, 4.69) is 32.9 Å². The molecule has 0 unspecified atom stereocenters. The summed E-state index contributed by atoms with van der Waals surface area (Å²) in [4.78, 5) is 0. The summed E-state index contributed by atoms with van der Waals surface area (Å²) in [6.07, 6.45) is 0.766. The van der Waals surface area contributed by atoms with Gasteiger partial charge in [0.1, 0.15) is 0 Å². The lowest BCUT2D eigenvalue weighted by atomic mass is 9.99. The molecule has 0 saturated heterocycles. The molecule has 12 heavy (non-hydrogen) atoms. The van der Waals surface area contributed by atoms with Gasteiger partial charge in [0.2, 0.25) is 0 Å². The predicted molar refractivity (Wildman–Crippen MR) is 51.4 cm³/mol. The Morgan fingerprint density at radius 1 is 1.08 bits per heavy atom. The van der Waals surface area contributed by atoms with Crippen LogP contribution in [-0.4, -0.2) is 11.7 Å². The van der Waals surface area contributed by atoms with Gasteiger partial charge in [-0.2, -0.15) is 0 Å². The summed E-state index contributed by atoms with van der Waals surface area (Å²) in [7, 11) is 0. The van der Waals surface area contributed by atoms with Gasteiger partial charge in [-0.25, -0.2) is 0 Å². The van der Waals surface area contributed by atoms with E-state index in [1.807, 2.05) is 0 Å². The summed E-state index contributed by atoms with van der Waals surface area (Å²) in [5.41, 5.74) is 5.23. The molecule has 0 spiro atoms. The van der Waals surface area contributed by atoms with Crippen LogP contribution in [0.2, 0.25) is 0 Å². The van der Waals surface area contributed by atoms with Gasteiger partial charge in [0.15, 0.2) is 0 Å². The van der Waals surface area contributed by atoms with Crippen molar-refractivity contribution in [3.8, 4) is 0 Å². The first-order valence-corrected chi connectivity index (χ1v) is 4.32. The molecular formula is C11H16O. The molecule has 66 valence electrons. The fourth-order valence-electron chi connectivity index (χ4n) is 1.40. The van der Waals surface area contributed by atoms with Crippen LogP contribution in [0.25, 0.3) is 0 Å². The van der Waals surface area contributed by atoms with Crippen LogP contribution in [0.4, 0.5) is 0 Å². The predicted octanol–water partition coefficient (Wildman–Crippen LogP) is 2.15. The zero-order valence-electron chi connectivity index (χ0n) is 8.02. The van der Waals surface area contributed by atoms with Crippen molar-refractivity contribution in [2.45, 2.75) is 27.2 Å². The minimum Gasteiger partial charge on any atom is -0.396 e. The summed E-state index contributed by atoms with van der Waals surface area (Å²) in [5.74, 6) is 0. The van der Waals surface area contributed by atoms with E-state index in [1.165, 1.54) is 22.3 Å². The normalized spacial score (nSPS) is 10.3. The molecule has 1 N–H and O–H groups in total. The average Bonchev–Trinajstić information content (AvgIpc) is 2.01. The smallest absolute Gasteiger partial charge is 0.0471 e. The van der Waals surface area contributed by atoms with Crippen LogP contribution in [-0.2, 0) is 6.42 Å². The van der Waals surface area contributed by atoms with Gasteiger partial charge in [-0.15, -0.1) is 0 Å². The van der Waals surface area contributed by atoms with E-state index >= 15 is 0 Å². The van der Waals surface area contributed by atoms with E-state index in [4.69, 9.17) is 5.11 Å². The van der Waals surface area contributed by atoms with Gasteiger partial charge in [-0.05, 0) is 49.4 Å².